The molecule has 0 aliphatic carbocycles. The average molecular weight is 299 g/mol. The summed E-state index contributed by atoms with van der Waals surface area (Å²) >= 11 is 5.94. The number of anilines is 1. The molecule has 2 unspecified atom stereocenters. The second-order valence-corrected chi connectivity index (χ2v) is 5.84. The number of nitrogens with zero attached hydrogens (tertiary/aromatic N) is 1. The molecule has 2 atom stereocenters. The minimum atomic E-state index is -0.392. The number of nitrogens with one attached hydrogen (secondary N) is 1. The van der Waals surface area contributed by atoms with E-state index in [9.17, 15) is 10.1 Å². The number of halogens is 1. The van der Waals surface area contributed by atoms with Crippen LogP contribution in [-0.2, 0) is 4.74 Å². The largest absolute Gasteiger partial charge is 0.377 e. The summed E-state index contributed by atoms with van der Waals surface area (Å²) in [6.45, 7) is 4.83. The third-order valence-electron chi connectivity index (χ3n) is 3.86. The van der Waals surface area contributed by atoms with E-state index in [0.717, 1.165) is 19.3 Å². The minimum absolute atomic E-state index is 0.0547. The topological polar surface area (TPSA) is 64.4 Å². The van der Waals surface area contributed by atoms with E-state index in [1.165, 1.54) is 12.1 Å². The van der Waals surface area contributed by atoms with Crippen molar-refractivity contribution in [3.63, 3.8) is 0 Å². The molecule has 0 amide bonds. The summed E-state index contributed by atoms with van der Waals surface area (Å²) in [5.74, 6) is 0. The number of hydrogen-bond acceptors (Lipinski definition) is 4. The fourth-order valence-electron chi connectivity index (χ4n) is 2.50. The molecule has 2 rings (SSSR count). The lowest BCUT2D eigenvalue weighted by Crippen LogP contribution is -2.41. The highest BCUT2D eigenvalue weighted by atomic mass is 35.5. The number of hydrogen-bond donors (Lipinski definition) is 1. The fraction of sp³-hybridized carbons (Fsp3) is 0.571. The molecule has 0 saturated carbocycles. The maximum atomic E-state index is 11.1. The van der Waals surface area contributed by atoms with Crippen LogP contribution in [0.25, 0.3) is 0 Å². The zero-order chi connectivity index (χ0) is 14.8. The third kappa shape index (κ3) is 3.41. The molecule has 0 radical (unpaired) electrons. The first-order valence-electron chi connectivity index (χ1n) is 6.78. The predicted molar refractivity (Wildman–Crippen MR) is 79.4 cm³/mol. The van der Waals surface area contributed by atoms with Gasteiger partial charge in [0.2, 0.25) is 0 Å². The molecule has 1 heterocycles. The molecule has 110 valence electrons. The molecular weight excluding hydrogens is 280 g/mol. The predicted octanol–water partition coefficient (Wildman–Crippen LogP) is 4.01. The van der Waals surface area contributed by atoms with Gasteiger partial charge in [-0.15, -0.1) is 0 Å². The molecule has 20 heavy (non-hydrogen) atoms. The van der Waals surface area contributed by atoms with Gasteiger partial charge in [0.05, 0.1) is 10.5 Å². The first-order chi connectivity index (χ1) is 9.43. The van der Waals surface area contributed by atoms with Gasteiger partial charge < -0.3 is 10.1 Å². The van der Waals surface area contributed by atoms with Crippen LogP contribution in [0, 0.1) is 10.1 Å². The molecule has 0 bridgehead atoms. The van der Waals surface area contributed by atoms with Crippen LogP contribution in [-0.4, -0.2) is 23.2 Å². The third-order valence-corrected chi connectivity index (χ3v) is 4.09. The number of ether oxygens (including phenoxy) is 1. The van der Waals surface area contributed by atoms with Gasteiger partial charge in [-0.25, -0.2) is 0 Å². The van der Waals surface area contributed by atoms with E-state index in [1.807, 2.05) is 0 Å². The standard InChI is InChI=1S/C14H19ClN2O3/c1-3-14(2)9-11(6-7-20-14)16-12-8-10(15)4-5-13(12)17(18)19/h4-5,8,11,16H,3,6-7,9H2,1-2H3. The Labute approximate surface area is 123 Å². The summed E-state index contributed by atoms with van der Waals surface area (Å²) in [5, 5.41) is 14.8. The first kappa shape index (κ1) is 15.1. The second kappa shape index (κ2) is 5.97. The van der Waals surface area contributed by atoms with E-state index in [0.29, 0.717) is 17.3 Å². The Morgan fingerprint density at radius 1 is 1.60 bits per heavy atom. The van der Waals surface area contributed by atoms with Crippen LogP contribution in [0.4, 0.5) is 11.4 Å². The molecule has 1 N–H and O–H groups in total. The minimum Gasteiger partial charge on any atom is -0.377 e. The van der Waals surface area contributed by atoms with E-state index >= 15 is 0 Å². The summed E-state index contributed by atoms with van der Waals surface area (Å²) in [5.41, 5.74) is 0.371. The van der Waals surface area contributed by atoms with Gasteiger partial charge in [-0.1, -0.05) is 18.5 Å². The van der Waals surface area contributed by atoms with Crippen LogP contribution in [0.15, 0.2) is 18.2 Å². The molecular formula is C14H19ClN2O3. The highest BCUT2D eigenvalue weighted by Crippen LogP contribution is 2.33. The van der Waals surface area contributed by atoms with Crippen molar-refractivity contribution in [1.29, 1.82) is 0 Å². The monoisotopic (exact) mass is 298 g/mol. The summed E-state index contributed by atoms with van der Waals surface area (Å²) in [6.07, 6.45) is 2.58. The average Bonchev–Trinajstić information content (AvgIpc) is 2.38. The Hall–Kier alpha value is -1.33. The van der Waals surface area contributed by atoms with Crippen molar-refractivity contribution >= 4 is 23.0 Å². The Morgan fingerprint density at radius 2 is 2.35 bits per heavy atom. The highest BCUT2D eigenvalue weighted by molar-refractivity contribution is 6.31. The summed E-state index contributed by atoms with van der Waals surface area (Å²) in [7, 11) is 0. The highest BCUT2D eigenvalue weighted by Gasteiger charge is 2.32. The fourth-order valence-corrected chi connectivity index (χ4v) is 2.67. The maximum absolute atomic E-state index is 11.1. The van der Waals surface area contributed by atoms with Gasteiger partial charge in [0.15, 0.2) is 0 Å². The van der Waals surface area contributed by atoms with E-state index in [4.69, 9.17) is 16.3 Å². The van der Waals surface area contributed by atoms with Gasteiger partial charge >= 0.3 is 0 Å². The van der Waals surface area contributed by atoms with Gasteiger partial charge in [0, 0.05) is 23.7 Å². The lowest BCUT2D eigenvalue weighted by atomic mass is 9.90. The van der Waals surface area contributed by atoms with Crippen LogP contribution >= 0.6 is 11.6 Å². The molecule has 1 saturated heterocycles. The molecule has 1 aliphatic rings. The molecule has 1 aromatic carbocycles. The van der Waals surface area contributed by atoms with Gasteiger partial charge in [-0.05, 0) is 38.3 Å². The summed E-state index contributed by atoms with van der Waals surface area (Å²) in [4.78, 5) is 10.7. The first-order valence-corrected chi connectivity index (χ1v) is 7.16. The summed E-state index contributed by atoms with van der Waals surface area (Å²) in [6, 6.07) is 4.73. The van der Waals surface area contributed by atoms with Crippen molar-refractivity contribution in [1.82, 2.24) is 0 Å². The molecule has 1 aromatic rings. The molecule has 0 aromatic heterocycles. The van der Waals surface area contributed by atoms with Crippen molar-refractivity contribution in [3.8, 4) is 0 Å². The zero-order valence-corrected chi connectivity index (χ0v) is 12.4. The molecule has 6 heteroatoms. The van der Waals surface area contributed by atoms with Crippen LogP contribution in [0.5, 0.6) is 0 Å². The van der Waals surface area contributed by atoms with Gasteiger partial charge in [0.1, 0.15) is 5.69 Å². The summed E-state index contributed by atoms with van der Waals surface area (Å²) < 4.78 is 5.78. The maximum Gasteiger partial charge on any atom is 0.292 e. The number of nitro benzene ring substituents is 1. The Kier molecular flexibility index (Phi) is 4.50. The number of rotatable bonds is 4. The van der Waals surface area contributed by atoms with Crippen LogP contribution in [0.1, 0.15) is 33.1 Å². The SMILES string of the molecule is CCC1(C)CC(Nc2cc(Cl)ccc2[N+](=O)[O-])CCO1. The number of nitro groups is 1. The van der Waals surface area contributed by atoms with Crippen molar-refractivity contribution < 1.29 is 9.66 Å². The lowest BCUT2D eigenvalue weighted by Gasteiger charge is -2.38. The Bertz CT molecular complexity index is 509. The van der Waals surface area contributed by atoms with Crippen molar-refractivity contribution in [2.24, 2.45) is 0 Å². The van der Waals surface area contributed by atoms with Gasteiger partial charge in [-0.3, -0.25) is 10.1 Å². The van der Waals surface area contributed by atoms with Crippen molar-refractivity contribution in [2.45, 2.75) is 44.8 Å². The second-order valence-electron chi connectivity index (χ2n) is 5.40. The van der Waals surface area contributed by atoms with Crippen molar-refractivity contribution in [2.75, 3.05) is 11.9 Å². The van der Waals surface area contributed by atoms with Crippen LogP contribution in [0.3, 0.4) is 0 Å². The van der Waals surface area contributed by atoms with E-state index < -0.39 is 4.92 Å². The van der Waals surface area contributed by atoms with Crippen molar-refractivity contribution in [3.05, 3.63) is 33.3 Å². The van der Waals surface area contributed by atoms with E-state index in [2.05, 4.69) is 19.2 Å². The smallest absolute Gasteiger partial charge is 0.292 e. The van der Waals surface area contributed by atoms with E-state index in [-0.39, 0.29) is 17.3 Å². The normalized spacial score (nSPS) is 26.2. The van der Waals surface area contributed by atoms with E-state index in [1.54, 1.807) is 6.07 Å². The Balaban J connectivity index is 2.17. The Morgan fingerprint density at radius 3 is 3.00 bits per heavy atom. The van der Waals surface area contributed by atoms with Gasteiger partial charge in [0.25, 0.3) is 5.69 Å². The van der Waals surface area contributed by atoms with Crippen LogP contribution in [0.2, 0.25) is 5.02 Å². The lowest BCUT2D eigenvalue weighted by molar-refractivity contribution is -0.384. The van der Waals surface area contributed by atoms with Crippen LogP contribution < -0.4 is 5.32 Å². The zero-order valence-electron chi connectivity index (χ0n) is 11.7. The van der Waals surface area contributed by atoms with Gasteiger partial charge in [-0.2, -0.15) is 0 Å². The quantitative estimate of drug-likeness (QED) is 0.674. The number of benzene rings is 1. The molecule has 0 spiro atoms. The molecule has 1 fully saturated rings. The molecule has 1 aliphatic heterocycles. The molecule has 5 nitrogen and oxygen atoms in total.